The summed E-state index contributed by atoms with van der Waals surface area (Å²) >= 11 is 0. The highest BCUT2D eigenvalue weighted by atomic mass is 16.6. The third-order valence-electron chi connectivity index (χ3n) is 7.02. The van der Waals surface area contributed by atoms with Gasteiger partial charge in [-0.05, 0) is 61.3 Å². The van der Waals surface area contributed by atoms with Gasteiger partial charge in [-0.2, -0.15) is 0 Å². The number of carbonyl (C=O) groups is 2. The van der Waals surface area contributed by atoms with Gasteiger partial charge in [0.25, 0.3) is 0 Å². The zero-order valence-electron chi connectivity index (χ0n) is 14.4. The second kappa shape index (κ2) is 5.33. The average Bonchev–Trinajstić information content (AvgIpc) is 2.99. The van der Waals surface area contributed by atoms with Crippen LogP contribution in [-0.2, 0) is 24.5 Å². The highest BCUT2D eigenvalue weighted by Gasteiger charge is 2.62. The number of cyclic esters (lactones) is 1. The van der Waals surface area contributed by atoms with Crippen LogP contribution in [0.2, 0.25) is 0 Å². The molecule has 1 aliphatic heterocycles. The van der Waals surface area contributed by atoms with Crippen LogP contribution in [0.4, 0.5) is 0 Å². The molecule has 4 nitrogen and oxygen atoms in total. The molecule has 5 atom stereocenters. The fraction of sp³-hybridized carbons (Fsp3) is 0.619. The predicted octanol–water partition coefficient (Wildman–Crippen LogP) is 3.38. The molecule has 1 aromatic rings. The van der Waals surface area contributed by atoms with Gasteiger partial charge < -0.3 is 9.47 Å². The summed E-state index contributed by atoms with van der Waals surface area (Å²) in [6.07, 6.45) is 6.16. The zero-order valence-corrected chi connectivity index (χ0v) is 14.4. The number of ether oxygens (including phenoxy) is 2. The van der Waals surface area contributed by atoms with Crippen LogP contribution in [0.15, 0.2) is 30.3 Å². The van der Waals surface area contributed by atoms with Gasteiger partial charge in [0.1, 0.15) is 0 Å². The molecule has 0 radical (unpaired) electrons. The summed E-state index contributed by atoms with van der Waals surface area (Å²) in [5.41, 5.74) is 1.09. The van der Waals surface area contributed by atoms with Gasteiger partial charge in [-0.25, -0.2) is 4.79 Å². The van der Waals surface area contributed by atoms with E-state index in [-0.39, 0.29) is 17.4 Å². The van der Waals surface area contributed by atoms with Crippen molar-refractivity contribution >= 4 is 11.9 Å². The highest BCUT2D eigenvalue weighted by molar-refractivity contribution is 5.83. The van der Waals surface area contributed by atoms with E-state index in [0.29, 0.717) is 24.9 Å². The molecule has 4 heteroatoms. The lowest BCUT2D eigenvalue weighted by atomic mass is 9.43. The number of hydrogen-bond donors (Lipinski definition) is 0. The molecule has 1 saturated heterocycles. The number of rotatable bonds is 3. The van der Waals surface area contributed by atoms with E-state index in [1.165, 1.54) is 24.8 Å². The molecule has 4 saturated carbocycles. The minimum absolute atomic E-state index is 0.112. The Morgan fingerprint density at radius 3 is 2.44 bits per heavy atom. The topological polar surface area (TPSA) is 52.6 Å². The Balaban J connectivity index is 1.46. The quantitative estimate of drug-likeness (QED) is 0.792. The van der Waals surface area contributed by atoms with Gasteiger partial charge >= 0.3 is 11.9 Å². The van der Waals surface area contributed by atoms with Crippen molar-refractivity contribution in [3.05, 3.63) is 35.9 Å². The molecule has 5 aliphatic rings. The third kappa shape index (κ3) is 2.33. The van der Waals surface area contributed by atoms with Gasteiger partial charge in [-0.3, -0.25) is 4.79 Å². The Labute approximate surface area is 147 Å². The molecule has 0 N–H and O–H groups in total. The first-order valence-electron chi connectivity index (χ1n) is 9.52. The minimum atomic E-state index is -0.687. The lowest BCUT2D eigenvalue weighted by Crippen LogP contribution is -2.57. The fourth-order valence-corrected chi connectivity index (χ4v) is 6.47. The predicted molar refractivity (Wildman–Crippen MR) is 90.7 cm³/mol. The van der Waals surface area contributed by atoms with Gasteiger partial charge in [-0.1, -0.05) is 30.3 Å². The monoisotopic (exact) mass is 340 g/mol. The highest BCUT2D eigenvalue weighted by Crippen LogP contribution is 2.66. The van der Waals surface area contributed by atoms with Crippen molar-refractivity contribution in [1.29, 1.82) is 0 Å². The number of carbonyl (C=O) groups excluding carboxylic acids is 2. The van der Waals surface area contributed by atoms with E-state index in [2.05, 4.69) is 30.3 Å². The minimum Gasteiger partial charge on any atom is -0.463 e. The van der Waals surface area contributed by atoms with E-state index in [1.807, 2.05) is 0 Å². The van der Waals surface area contributed by atoms with Crippen molar-refractivity contribution in [2.24, 2.45) is 17.3 Å². The van der Waals surface area contributed by atoms with Crippen LogP contribution in [0.5, 0.6) is 0 Å². The first kappa shape index (κ1) is 15.4. The molecule has 0 amide bonds. The largest absolute Gasteiger partial charge is 0.463 e. The summed E-state index contributed by atoms with van der Waals surface area (Å²) in [5, 5.41) is 0. The Bertz CT molecular complexity index is 696. The van der Waals surface area contributed by atoms with Crippen molar-refractivity contribution in [1.82, 2.24) is 0 Å². The standard InChI is InChI=1S/C21H24O4/c22-18-17(6-7-24-18)25-19(23)21-11-14-8-15(12-21)10-20(9-14,13-21)16-4-2-1-3-5-16/h1-5,14-15,17H,6-13H2/t14-,15+,17-,20?,21?/m1/s1. The molecular weight excluding hydrogens is 316 g/mol. The molecule has 2 unspecified atom stereocenters. The molecule has 4 bridgehead atoms. The molecule has 0 aromatic heterocycles. The molecule has 4 aliphatic carbocycles. The summed E-state index contributed by atoms with van der Waals surface area (Å²) in [6.45, 7) is 0.364. The maximum Gasteiger partial charge on any atom is 0.347 e. The van der Waals surface area contributed by atoms with Gasteiger partial charge in [0.2, 0.25) is 6.10 Å². The van der Waals surface area contributed by atoms with Crippen molar-refractivity contribution < 1.29 is 19.1 Å². The lowest BCUT2D eigenvalue weighted by Gasteiger charge is -2.61. The van der Waals surface area contributed by atoms with E-state index < -0.39 is 11.5 Å². The van der Waals surface area contributed by atoms with Crippen molar-refractivity contribution in [3.8, 4) is 0 Å². The second-order valence-electron chi connectivity index (χ2n) is 8.74. The smallest absolute Gasteiger partial charge is 0.347 e. The molecule has 1 aromatic carbocycles. The summed E-state index contributed by atoms with van der Waals surface area (Å²) in [6, 6.07) is 10.7. The van der Waals surface area contributed by atoms with Crippen LogP contribution < -0.4 is 0 Å². The number of hydrogen-bond acceptors (Lipinski definition) is 4. The van der Waals surface area contributed by atoms with Crippen molar-refractivity contribution in [2.75, 3.05) is 6.61 Å². The molecule has 0 spiro atoms. The lowest BCUT2D eigenvalue weighted by molar-refractivity contribution is -0.182. The van der Waals surface area contributed by atoms with E-state index in [4.69, 9.17) is 9.47 Å². The Morgan fingerprint density at radius 1 is 1.08 bits per heavy atom. The first-order valence-corrected chi connectivity index (χ1v) is 9.52. The van der Waals surface area contributed by atoms with Crippen LogP contribution in [0.1, 0.15) is 50.5 Å². The van der Waals surface area contributed by atoms with Gasteiger partial charge in [-0.15, -0.1) is 0 Å². The van der Waals surface area contributed by atoms with Gasteiger partial charge in [0, 0.05) is 6.42 Å². The summed E-state index contributed by atoms with van der Waals surface area (Å²) in [7, 11) is 0. The third-order valence-corrected chi connectivity index (χ3v) is 7.02. The van der Waals surface area contributed by atoms with E-state index in [9.17, 15) is 9.59 Å². The first-order chi connectivity index (χ1) is 12.1. The molecule has 6 rings (SSSR count). The van der Waals surface area contributed by atoms with Crippen LogP contribution in [0.25, 0.3) is 0 Å². The van der Waals surface area contributed by atoms with Crippen LogP contribution >= 0.6 is 0 Å². The average molecular weight is 340 g/mol. The number of benzene rings is 1. The molecular formula is C21H24O4. The Morgan fingerprint density at radius 2 is 1.80 bits per heavy atom. The molecule has 1 heterocycles. The molecule has 25 heavy (non-hydrogen) atoms. The SMILES string of the molecule is O=C1OCC[C@H]1OC(=O)C12C[C@H]3C[C@@H](C1)CC(c1ccccc1)(C3)C2. The van der Waals surface area contributed by atoms with Crippen molar-refractivity contribution in [2.45, 2.75) is 56.5 Å². The summed E-state index contributed by atoms with van der Waals surface area (Å²) in [5.74, 6) is 0.677. The Hall–Kier alpha value is -1.84. The number of esters is 2. The normalized spacial score (nSPS) is 41.6. The van der Waals surface area contributed by atoms with E-state index in [0.717, 1.165) is 19.3 Å². The van der Waals surface area contributed by atoms with Crippen molar-refractivity contribution in [3.63, 3.8) is 0 Å². The van der Waals surface area contributed by atoms with Crippen LogP contribution in [0.3, 0.4) is 0 Å². The van der Waals surface area contributed by atoms with Crippen LogP contribution in [-0.4, -0.2) is 24.6 Å². The van der Waals surface area contributed by atoms with E-state index in [1.54, 1.807) is 0 Å². The zero-order chi connectivity index (χ0) is 17.1. The maximum absolute atomic E-state index is 13.1. The maximum atomic E-state index is 13.1. The van der Waals surface area contributed by atoms with Gasteiger partial charge in [0.05, 0.1) is 12.0 Å². The van der Waals surface area contributed by atoms with Gasteiger partial charge in [0.15, 0.2) is 0 Å². The second-order valence-corrected chi connectivity index (χ2v) is 8.74. The molecule has 5 fully saturated rings. The summed E-state index contributed by atoms with van der Waals surface area (Å²) in [4.78, 5) is 24.9. The molecule has 132 valence electrons. The van der Waals surface area contributed by atoms with Crippen LogP contribution in [0, 0.1) is 17.3 Å². The Kier molecular flexibility index (Phi) is 3.28. The summed E-state index contributed by atoms with van der Waals surface area (Å²) < 4.78 is 10.6. The van der Waals surface area contributed by atoms with E-state index >= 15 is 0 Å². The fourth-order valence-electron chi connectivity index (χ4n) is 6.47.